The summed E-state index contributed by atoms with van der Waals surface area (Å²) in [6.45, 7) is 8.52. The highest BCUT2D eigenvalue weighted by atomic mass is 14.8. The van der Waals surface area contributed by atoms with Crippen LogP contribution in [0.1, 0.15) is 45.9 Å². The van der Waals surface area contributed by atoms with Crippen molar-refractivity contribution in [2.45, 2.75) is 20.4 Å². The lowest BCUT2D eigenvalue weighted by Crippen LogP contribution is -2.07. The van der Waals surface area contributed by atoms with Crippen LogP contribution in [-0.2, 0) is 6.54 Å². The van der Waals surface area contributed by atoms with Gasteiger partial charge in [0.1, 0.15) is 0 Å². The first-order chi connectivity index (χ1) is 24.0. The number of nitrogens with one attached hydrogen (secondary N) is 1. The molecule has 0 fully saturated rings. The quantitative estimate of drug-likeness (QED) is 0.141. The van der Waals surface area contributed by atoms with Crippen LogP contribution in [0.5, 0.6) is 0 Å². The van der Waals surface area contributed by atoms with Gasteiger partial charge in [-0.3, -0.25) is 25.4 Å². The molecule has 1 heterocycles. The number of nitrogens with zero attached hydrogens (tertiary/aromatic N) is 4. The normalized spacial score (nSPS) is 12.1. The second kappa shape index (κ2) is 15.5. The summed E-state index contributed by atoms with van der Waals surface area (Å²) in [5.74, 6) is 0. The van der Waals surface area contributed by atoms with Gasteiger partial charge >= 0.3 is 0 Å². The summed E-state index contributed by atoms with van der Waals surface area (Å²) in [6, 6.07) is 46.4. The van der Waals surface area contributed by atoms with Gasteiger partial charge < -0.3 is 0 Å². The first-order valence-electron chi connectivity index (χ1n) is 16.2. The molecule has 6 rings (SSSR count). The number of hydrogen-bond acceptors (Lipinski definition) is 5. The number of aryl methyl sites for hydroxylation is 1. The van der Waals surface area contributed by atoms with Crippen LogP contribution in [-0.4, -0.2) is 29.3 Å². The third kappa shape index (κ3) is 7.80. The van der Waals surface area contributed by atoms with E-state index < -0.39 is 0 Å². The van der Waals surface area contributed by atoms with Crippen molar-refractivity contribution in [3.05, 3.63) is 196 Å². The summed E-state index contributed by atoms with van der Waals surface area (Å²) < 4.78 is 0. The molecule has 0 spiro atoms. The van der Waals surface area contributed by atoms with E-state index in [1.807, 2.05) is 116 Å². The minimum atomic E-state index is 0.413. The summed E-state index contributed by atoms with van der Waals surface area (Å²) in [5.41, 5.74) is 12.7. The number of para-hydroxylation sites is 1. The summed E-state index contributed by atoms with van der Waals surface area (Å²) in [5, 5.41) is 9.09. The Balaban J connectivity index is 1.24. The predicted molar refractivity (Wildman–Crippen MR) is 206 cm³/mol. The Morgan fingerprint density at radius 3 is 2.18 bits per heavy atom. The molecule has 0 aliphatic rings. The monoisotopic (exact) mass is 635 g/mol. The molecule has 0 amide bonds. The third-order valence-electron chi connectivity index (χ3n) is 8.39. The maximum atomic E-state index is 9.09. The van der Waals surface area contributed by atoms with Crippen molar-refractivity contribution in [1.82, 2.24) is 4.98 Å². The molecule has 1 N–H and O–H groups in total. The molecule has 0 atom stereocenters. The SMILES string of the molecule is C=N/C(=C(/C)C(=NCc1ccc(C(=N)c2ccccc2N=Cc2cccc(-c3cccnc3)c2)cc1)c1ccccc1)c1ccccc1C. The van der Waals surface area contributed by atoms with E-state index in [0.29, 0.717) is 12.3 Å². The molecule has 0 saturated heterocycles. The van der Waals surface area contributed by atoms with Gasteiger partial charge in [-0.1, -0.05) is 121 Å². The van der Waals surface area contributed by atoms with Gasteiger partial charge in [-0.2, -0.15) is 0 Å². The van der Waals surface area contributed by atoms with Crippen LogP contribution in [0.4, 0.5) is 5.69 Å². The van der Waals surface area contributed by atoms with Crippen LogP contribution in [0.25, 0.3) is 16.8 Å². The van der Waals surface area contributed by atoms with Crippen LogP contribution in [0.2, 0.25) is 0 Å². The zero-order chi connectivity index (χ0) is 34.0. The third-order valence-corrected chi connectivity index (χ3v) is 8.39. The smallest absolute Gasteiger partial charge is 0.0748 e. The Bertz CT molecular complexity index is 2180. The number of hydrogen-bond donors (Lipinski definition) is 1. The summed E-state index contributed by atoms with van der Waals surface area (Å²) in [4.78, 5) is 18.6. The molecule has 0 bridgehead atoms. The largest absolute Gasteiger partial charge is 0.300 e. The molecular weight excluding hydrogens is 599 g/mol. The van der Waals surface area contributed by atoms with Crippen molar-refractivity contribution in [2.75, 3.05) is 0 Å². The molecule has 5 heteroatoms. The first kappa shape index (κ1) is 32.6. The Morgan fingerprint density at radius 1 is 0.735 bits per heavy atom. The average Bonchev–Trinajstić information content (AvgIpc) is 3.16. The van der Waals surface area contributed by atoms with Crippen LogP contribution >= 0.6 is 0 Å². The Labute approximate surface area is 288 Å². The lowest BCUT2D eigenvalue weighted by molar-refractivity contribution is 1.06. The molecule has 0 unspecified atom stereocenters. The van der Waals surface area contributed by atoms with Crippen LogP contribution in [0, 0.1) is 12.3 Å². The van der Waals surface area contributed by atoms with Gasteiger partial charge in [0, 0.05) is 52.0 Å². The minimum Gasteiger partial charge on any atom is -0.300 e. The second-order valence-corrected chi connectivity index (χ2v) is 11.7. The highest BCUT2D eigenvalue weighted by Gasteiger charge is 2.14. The predicted octanol–water partition coefficient (Wildman–Crippen LogP) is 10.3. The van der Waals surface area contributed by atoms with Gasteiger partial charge in [0.25, 0.3) is 0 Å². The summed E-state index contributed by atoms with van der Waals surface area (Å²) in [6.07, 6.45) is 5.47. The van der Waals surface area contributed by atoms with Crippen LogP contribution in [0.15, 0.2) is 172 Å². The molecule has 5 aromatic carbocycles. The van der Waals surface area contributed by atoms with Gasteiger partial charge in [-0.25, -0.2) is 0 Å². The van der Waals surface area contributed by atoms with Crippen LogP contribution in [0.3, 0.4) is 0 Å². The number of pyridine rings is 1. The van der Waals surface area contributed by atoms with Crippen molar-refractivity contribution in [1.29, 1.82) is 5.41 Å². The summed E-state index contributed by atoms with van der Waals surface area (Å²) >= 11 is 0. The van der Waals surface area contributed by atoms with E-state index in [1.165, 1.54) is 0 Å². The number of aromatic nitrogens is 1. The number of allylic oxidation sites excluding steroid dienone is 1. The molecule has 49 heavy (non-hydrogen) atoms. The topological polar surface area (TPSA) is 73.8 Å². The fraction of sp³-hybridized carbons (Fsp3) is 0.0682. The molecule has 238 valence electrons. The lowest BCUT2D eigenvalue weighted by Gasteiger charge is -2.14. The van der Waals surface area contributed by atoms with E-state index in [2.05, 4.69) is 66.9 Å². The lowest BCUT2D eigenvalue weighted by atomic mass is 9.96. The zero-order valence-electron chi connectivity index (χ0n) is 27.7. The van der Waals surface area contributed by atoms with E-state index in [4.69, 9.17) is 15.4 Å². The maximum absolute atomic E-state index is 9.09. The molecule has 0 radical (unpaired) electrons. The maximum Gasteiger partial charge on any atom is 0.0748 e. The van der Waals surface area contributed by atoms with E-state index >= 15 is 0 Å². The zero-order valence-corrected chi connectivity index (χ0v) is 27.7. The fourth-order valence-electron chi connectivity index (χ4n) is 5.76. The van der Waals surface area contributed by atoms with Gasteiger partial charge in [-0.15, -0.1) is 0 Å². The molecule has 1 aromatic heterocycles. The van der Waals surface area contributed by atoms with Gasteiger partial charge in [0.15, 0.2) is 0 Å². The van der Waals surface area contributed by atoms with E-state index in [0.717, 1.165) is 72.7 Å². The van der Waals surface area contributed by atoms with Crippen LogP contribution < -0.4 is 0 Å². The standard InChI is InChI=1S/C44H37N5/c1-31-13-7-8-19-39(31)44(46-3)32(2)43(36-15-5-4-6-16-36)49-28-33-22-24-35(25-23-33)42(45)40-20-9-10-21-41(40)48-29-34-14-11-17-37(27-34)38-18-12-26-47-30-38/h4-27,29-30,45H,3,28H2,1-2H3/b44-32-,45-42?,48-29?,49-43?. The van der Waals surface area contributed by atoms with Crippen molar-refractivity contribution in [2.24, 2.45) is 15.0 Å². The first-order valence-corrected chi connectivity index (χ1v) is 16.2. The van der Waals surface area contributed by atoms with E-state index in [1.54, 1.807) is 6.20 Å². The molecule has 5 nitrogen and oxygen atoms in total. The Morgan fingerprint density at radius 2 is 1.45 bits per heavy atom. The Hall–Kier alpha value is -6.33. The molecular formula is C44H37N5. The minimum absolute atomic E-state index is 0.413. The van der Waals surface area contributed by atoms with Crippen molar-refractivity contribution < 1.29 is 0 Å². The van der Waals surface area contributed by atoms with Gasteiger partial charge in [-0.05, 0) is 61.0 Å². The fourth-order valence-corrected chi connectivity index (χ4v) is 5.76. The van der Waals surface area contributed by atoms with Gasteiger partial charge in [0.05, 0.1) is 29.4 Å². The molecule has 0 aliphatic carbocycles. The van der Waals surface area contributed by atoms with Gasteiger partial charge in [0.2, 0.25) is 0 Å². The second-order valence-electron chi connectivity index (χ2n) is 11.7. The summed E-state index contributed by atoms with van der Waals surface area (Å²) in [7, 11) is 0. The number of benzene rings is 5. The van der Waals surface area contributed by atoms with E-state index in [9.17, 15) is 0 Å². The number of aliphatic imine (C=N–C) groups is 3. The van der Waals surface area contributed by atoms with E-state index in [-0.39, 0.29) is 0 Å². The van der Waals surface area contributed by atoms with Crippen molar-refractivity contribution in [3.63, 3.8) is 0 Å². The Kier molecular flexibility index (Phi) is 10.3. The van der Waals surface area contributed by atoms with Crippen molar-refractivity contribution in [3.8, 4) is 11.1 Å². The van der Waals surface area contributed by atoms with Crippen molar-refractivity contribution >= 4 is 35.7 Å². The number of rotatable bonds is 11. The average molecular weight is 636 g/mol. The molecule has 0 aliphatic heterocycles. The molecule has 0 saturated carbocycles. The highest BCUT2D eigenvalue weighted by molar-refractivity contribution is 6.16. The molecule has 6 aromatic rings. The highest BCUT2D eigenvalue weighted by Crippen LogP contribution is 2.27.